The second kappa shape index (κ2) is 8.61. The van der Waals surface area contributed by atoms with Gasteiger partial charge < -0.3 is 15.1 Å². The van der Waals surface area contributed by atoms with Crippen molar-refractivity contribution in [2.24, 2.45) is 5.92 Å². The van der Waals surface area contributed by atoms with Crippen molar-refractivity contribution in [2.45, 2.75) is 51.5 Å². The summed E-state index contributed by atoms with van der Waals surface area (Å²) < 4.78 is 0. The van der Waals surface area contributed by atoms with Crippen LogP contribution in [-0.2, 0) is 4.79 Å². The zero-order chi connectivity index (χ0) is 17.6. The Hall–Kier alpha value is -1.69. The van der Waals surface area contributed by atoms with E-state index in [1.807, 2.05) is 19.1 Å². The van der Waals surface area contributed by atoms with E-state index in [-0.39, 0.29) is 0 Å². The van der Waals surface area contributed by atoms with Gasteiger partial charge in [-0.1, -0.05) is 0 Å². The summed E-state index contributed by atoms with van der Waals surface area (Å²) in [5, 5.41) is 11.8. The van der Waals surface area contributed by atoms with Crippen molar-refractivity contribution in [1.82, 2.24) is 20.4 Å². The predicted octanol–water partition coefficient (Wildman–Crippen LogP) is 1.99. The van der Waals surface area contributed by atoms with Crippen LogP contribution in [0.5, 0.6) is 0 Å². The number of likely N-dealkylation sites (tertiary alicyclic amines) is 1. The number of aromatic nitrogens is 2. The number of carbonyl (C=O) groups is 1. The van der Waals surface area contributed by atoms with Gasteiger partial charge in [0.2, 0.25) is 5.91 Å². The van der Waals surface area contributed by atoms with Crippen LogP contribution in [0.2, 0.25) is 0 Å². The molecule has 1 amide bonds. The highest BCUT2D eigenvalue weighted by molar-refractivity contribution is 5.76. The van der Waals surface area contributed by atoms with Crippen LogP contribution in [0, 0.1) is 12.8 Å². The molecule has 3 rings (SSSR count). The first kappa shape index (κ1) is 18.1. The van der Waals surface area contributed by atoms with Crippen molar-refractivity contribution >= 4 is 11.7 Å². The van der Waals surface area contributed by atoms with Gasteiger partial charge in [0.05, 0.1) is 5.69 Å². The van der Waals surface area contributed by atoms with E-state index in [2.05, 4.69) is 32.4 Å². The highest BCUT2D eigenvalue weighted by Gasteiger charge is 2.26. The molecule has 0 atom stereocenters. The first-order valence-electron chi connectivity index (χ1n) is 9.65. The third-order valence-electron chi connectivity index (χ3n) is 5.74. The van der Waals surface area contributed by atoms with Crippen LogP contribution in [-0.4, -0.2) is 60.3 Å². The van der Waals surface area contributed by atoms with E-state index in [9.17, 15) is 4.79 Å². The minimum Gasteiger partial charge on any atom is -0.355 e. The number of hydrogen-bond acceptors (Lipinski definition) is 5. The smallest absolute Gasteiger partial charge is 0.222 e. The number of nitrogens with one attached hydrogen (secondary N) is 1. The number of anilines is 1. The molecule has 0 unspecified atom stereocenters. The number of carbonyl (C=O) groups excluding carboxylic acids is 1. The topological polar surface area (TPSA) is 61.4 Å². The molecule has 0 radical (unpaired) electrons. The van der Waals surface area contributed by atoms with Gasteiger partial charge >= 0.3 is 0 Å². The second-order valence-corrected chi connectivity index (χ2v) is 7.49. The number of nitrogens with zero attached hydrogens (tertiary/aromatic N) is 4. The van der Waals surface area contributed by atoms with Crippen LogP contribution in [0.15, 0.2) is 12.1 Å². The van der Waals surface area contributed by atoms with Crippen molar-refractivity contribution in [3.63, 3.8) is 0 Å². The normalized spacial score (nSPS) is 19.8. The van der Waals surface area contributed by atoms with Gasteiger partial charge in [-0.15, -0.1) is 5.10 Å². The summed E-state index contributed by atoms with van der Waals surface area (Å²) >= 11 is 0. The third-order valence-corrected chi connectivity index (χ3v) is 5.74. The Morgan fingerprint density at radius 1 is 1.20 bits per heavy atom. The van der Waals surface area contributed by atoms with Gasteiger partial charge in [-0.25, -0.2) is 0 Å². The Labute approximate surface area is 151 Å². The zero-order valence-corrected chi connectivity index (χ0v) is 15.6. The highest BCUT2D eigenvalue weighted by Crippen LogP contribution is 2.22. The van der Waals surface area contributed by atoms with Crippen molar-refractivity contribution in [3.8, 4) is 0 Å². The maximum Gasteiger partial charge on any atom is 0.222 e. The Morgan fingerprint density at radius 2 is 1.92 bits per heavy atom. The molecule has 2 saturated heterocycles. The average molecular weight is 345 g/mol. The summed E-state index contributed by atoms with van der Waals surface area (Å²) in [6.07, 6.45) is 6.22. The van der Waals surface area contributed by atoms with Gasteiger partial charge in [-0.2, -0.15) is 5.10 Å². The summed E-state index contributed by atoms with van der Waals surface area (Å²) in [4.78, 5) is 16.8. The van der Waals surface area contributed by atoms with Crippen LogP contribution >= 0.6 is 0 Å². The quantitative estimate of drug-likeness (QED) is 0.884. The molecule has 3 heterocycles. The minimum absolute atomic E-state index is 0.342. The van der Waals surface area contributed by atoms with Crippen molar-refractivity contribution < 1.29 is 4.79 Å². The molecule has 1 N–H and O–H groups in total. The molecule has 138 valence electrons. The Balaban J connectivity index is 1.43. The second-order valence-electron chi connectivity index (χ2n) is 7.49. The fraction of sp³-hybridized carbons (Fsp3) is 0.737. The lowest BCUT2D eigenvalue weighted by atomic mass is 9.92. The number of aryl methyl sites for hydroxylation is 1. The van der Waals surface area contributed by atoms with Crippen LogP contribution in [0.4, 0.5) is 5.82 Å². The number of piperidine rings is 2. The van der Waals surface area contributed by atoms with Crippen molar-refractivity contribution in [3.05, 3.63) is 17.8 Å². The van der Waals surface area contributed by atoms with Crippen molar-refractivity contribution in [2.75, 3.05) is 38.1 Å². The van der Waals surface area contributed by atoms with E-state index in [1.54, 1.807) is 0 Å². The molecular weight excluding hydrogens is 314 g/mol. The van der Waals surface area contributed by atoms with Crippen LogP contribution in [0.3, 0.4) is 0 Å². The summed E-state index contributed by atoms with van der Waals surface area (Å²) in [6.45, 7) is 5.89. The molecule has 2 aliphatic rings. The molecule has 2 aliphatic heterocycles. The van der Waals surface area contributed by atoms with Gasteiger partial charge in [0.25, 0.3) is 0 Å². The summed E-state index contributed by atoms with van der Waals surface area (Å²) in [5.41, 5.74) is 0.936. The van der Waals surface area contributed by atoms with Crippen LogP contribution in [0.1, 0.15) is 44.2 Å². The van der Waals surface area contributed by atoms with Gasteiger partial charge in [0.1, 0.15) is 0 Å². The van der Waals surface area contributed by atoms with Crippen LogP contribution in [0.25, 0.3) is 0 Å². The third kappa shape index (κ3) is 4.91. The zero-order valence-electron chi connectivity index (χ0n) is 15.6. The SMILES string of the molecule is Cc1ccc(N(C)C2CCN(C(=O)CCC3CCNCC3)CC2)nn1. The van der Waals surface area contributed by atoms with E-state index in [1.165, 1.54) is 12.8 Å². The summed E-state index contributed by atoms with van der Waals surface area (Å²) in [7, 11) is 2.08. The average Bonchev–Trinajstić information content (AvgIpc) is 2.67. The number of amides is 1. The van der Waals surface area contributed by atoms with Gasteiger partial charge in [-0.3, -0.25) is 4.79 Å². The first-order valence-corrected chi connectivity index (χ1v) is 9.65. The molecule has 6 nitrogen and oxygen atoms in total. The molecule has 0 bridgehead atoms. The highest BCUT2D eigenvalue weighted by atomic mass is 16.2. The molecular formula is C19H31N5O. The van der Waals surface area contributed by atoms with E-state index in [0.717, 1.165) is 62.9 Å². The molecule has 25 heavy (non-hydrogen) atoms. The Morgan fingerprint density at radius 3 is 2.56 bits per heavy atom. The molecule has 1 aromatic heterocycles. The first-order chi connectivity index (χ1) is 12.1. The summed E-state index contributed by atoms with van der Waals surface area (Å²) in [5.74, 6) is 1.99. The molecule has 6 heteroatoms. The van der Waals surface area contributed by atoms with E-state index in [4.69, 9.17) is 0 Å². The molecule has 0 aromatic carbocycles. The molecule has 0 spiro atoms. The Kier molecular flexibility index (Phi) is 6.24. The van der Waals surface area contributed by atoms with E-state index >= 15 is 0 Å². The monoisotopic (exact) mass is 345 g/mol. The fourth-order valence-electron chi connectivity index (χ4n) is 3.93. The van der Waals surface area contributed by atoms with E-state index < -0.39 is 0 Å². The van der Waals surface area contributed by atoms with Gasteiger partial charge in [-0.05, 0) is 70.2 Å². The lowest BCUT2D eigenvalue weighted by Crippen LogP contribution is -2.46. The molecule has 1 aromatic rings. The van der Waals surface area contributed by atoms with E-state index in [0.29, 0.717) is 18.4 Å². The van der Waals surface area contributed by atoms with Crippen LogP contribution < -0.4 is 10.2 Å². The largest absolute Gasteiger partial charge is 0.355 e. The molecule has 2 fully saturated rings. The summed E-state index contributed by atoms with van der Waals surface area (Å²) in [6, 6.07) is 4.46. The maximum absolute atomic E-state index is 12.5. The number of hydrogen-bond donors (Lipinski definition) is 1. The minimum atomic E-state index is 0.342. The standard InChI is InChI=1S/C19H31N5O/c1-15-3-5-18(22-21-15)23(2)17-9-13-24(14-10-17)19(25)6-4-16-7-11-20-12-8-16/h3,5,16-17,20H,4,6-14H2,1-2H3. The lowest BCUT2D eigenvalue weighted by molar-refractivity contribution is -0.132. The Bertz CT molecular complexity index is 547. The fourth-order valence-corrected chi connectivity index (χ4v) is 3.93. The lowest BCUT2D eigenvalue weighted by Gasteiger charge is -2.37. The maximum atomic E-state index is 12.5. The molecule has 0 saturated carbocycles. The predicted molar refractivity (Wildman–Crippen MR) is 99.6 cm³/mol. The van der Waals surface area contributed by atoms with Gasteiger partial charge in [0.15, 0.2) is 5.82 Å². The number of rotatable bonds is 5. The van der Waals surface area contributed by atoms with Crippen molar-refractivity contribution in [1.29, 1.82) is 0 Å². The van der Waals surface area contributed by atoms with Gasteiger partial charge in [0, 0.05) is 32.6 Å². The molecule has 0 aliphatic carbocycles.